The lowest BCUT2D eigenvalue weighted by Gasteiger charge is -2.39. The monoisotopic (exact) mass is 489 g/mol. The standard InChI is InChI=1S/C29H39N5O2/c1-18-16-23(35)26-24(18)27(31-17-30-26)33-12-14-34(15-13-33)28(36)25(22-10-11-29(2,3)32-22)21-8-6-20(7-9-21)19-4-5-19/h6-9,17-19,22-23,25,32,35H,4-5,10-16H2,1-3H3/t18?,22-,23-,25-/m0/s1. The highest BCUT2D eigenvalue weighted by molar-refractivity contribution is 5.85. The van der Waals surface area contributed by atoms with E-state index in [0.717, 1.165) is 54.5 Å². The molecule has 2 N–H and O–H groups in total. The third-order valence-corrected chi connectivity index (χ3v) is 8.84. The fourth-order valence-corrected chi connectivity index (χ4v) is 6.64. The van der Waals surface area contributed by atoms with Crippen LogP contribution in [0.4, 0.5) is 5.82 Å². The van der Waals surface area contributed by atoms with Gasteiger partial charge in [0, 0.05) is 43.3 Å². The summed E-state index contributed by atoms with van der Waals surface area (Å²) in [6, 6.07) is 9.06. The van der Waals surface area contributed by atoms with Gasteiger partial charge in [0.05, 0.1) is 17.7 Å². The molecule has 2 aliphatic carbocycles. The minimum atomic E-state index is -0.505. The average molecular weight is 490 g/mol. The lowest BCUT2D eigenvalue weighted by atomic mass is 9.88. The molecule has 0 spiro atoms. The average Bonchev–Trinajstić information content (AvgIpc) is 3.61. The van der Waals surface area contributed by atoms with E-state index < -0.39 is 6.10 Å². The molecule has 3 fully saturated rings. The SMILES string of the molecule is CC1C[C@H](O)c2ncnc(N3CCN(C(=O)[C@@H](c4ccc(C5CC5)cc4)[C@@H]4CCC(C)(C)N4)CC3)c21. The van der Waals surface area contributed by atoms with Crippen LogP contribution in [-0.4, -0.2) is 63.6 Å². The number of rotatable bonds is 5. The van der Waals surface area contributed by atoms with Crippen LogP contribution >= 0.6 is 0 Å². The number of amides is 1. The Bertz CT molecular complexity index is 1120. The smallest absolute Gasteiger partial charge is 0.231 e. The quantitative estimate of drug-likeness (QED) is 0.664. The molecule has 192 valence electrons. The van der Waals surface area contributed by atoms with E-state index in [2.05, 4.69) is 70.1 Å². The second-order valence-electron chi connectivity index (χ2n) is 12.1. The van der Waals surface area contributed by atoms with Crippen molar-refractivity contribution in [2.24, 2.45) is 0 Å². The highest BCUT2D eigenvalue weighted by Crippen LogP contribution is 2.43. The number of fused-ring (bicyclic) bond motifs is 1. The molecule has 6 rings (SSSR count). The first-order chi connectivity index (χ1) is 17.3. The van der Waals surface area contributed by atoms with Gasteiger partial charge >= 0.3 is 0 Å². The van der Waals surface area contributed by atoms with Crippen LogP contribution in [0.25, 0.3) is 0 Å². The molecular formula is C29H39N5O2. The van der Waals surface area contributed by atoms with E-state index in [9.17, 15) is 9.90 Å². The molecule has 1 aromatic heterocycles. The molecule has 3 heterocycles. The zero-order valence-corrected chi connectivity index (χ0v) is 21.8. The fraction of sp³-hybridized carbons (Fsp3) is 0.621. The van der Waals surface area contributed by atoms with Crippen LogP contribution < -0.4 is 10.2 Å². The molecule has 1 unspecified atom stereocenters. The maximum absolute atomic E-state index is 14.1. The van der Waals surface area contributed by atoms with Crippen LogP contribution in [0.15, 0.2) is 30.6 Å². The Morgan fingerprint density at radius 3 is 2.44 bits per heavy atom. The van der Waals surface area contributed by atoms with Crippen molar-refractivity contribution < 1.29 is 9.90 Å². The van der Waals surface area contributed by atoms with Crippen LogP contribution in [0.5, 0.6) is 0 Å². The largest absolute Gasteiger partial charge is 0.387 e. The molecule has 36 heavy (non-hydrogen) atoms. The van der Waals surface area contributed by atoms with Crippen molar-refractivity contribution in [3.8, 4) is 0 Å². The van der Waals surface area contributed by atoms with Gasteiger partial charge in [-0.15, -0.1) is 0 Å². The normalized spacial score (nSPS) is 28.3. The number of carbonyl (C=O) groups excluding carboxylic acids is 1. The molecule has 1 aromatic carbocycles. The zero-order chi connectivity index (χ0) is 25.0. The fourth-order valence-electron chi connectivity index (χ4n) is 6.64. The van der Waals surface area contributed by atoms with Gasteiger partial charge < -0.3 is 20.2 Å². The summed E-state index contributed by atoms with van der Waals surface area (Å²) in [5, 5.41) is 14.2. The Morgan fingerprint density at radius 2 is 1.81 bits per heavy atom. The highest BCUT2D eigenvalue weighted by Gasteiger charge is 2.41. The summed E-state index contributed by atoms with van der Waals surface area (Å²) in [6.07, 6.45) is 6.44. The highest BCUT2D eigenvalue weighted by atomic mass is 16.3. The van der Waals surface area contributed by atoms with Gasteiger partial charge in [-0.1, -0.05) is 31.2 Å². The third-order valence-electron chi connectivity index (χ3n) is 8.84. The molecule has 2 aromatic rings. The van der Waals surface area contributed by atoms with Crippen molar-refractivity contribution >= 4 is 11.7 Å². The molecule has 7 heteroatoms. The van der Waals surface area contributed by atoms with Gasteiger partial charge in [-0.25, -0.2) is 9.97 Å². The van der Waals surface area contributed by atoms with Gasteiger partial charge in [0.2, 0.25) is 5.91 Å². The van der Waals surface area contributed by atoms with Gasteiger partial charge in [0.25, 0.3) is 0 Å². The molecule has 4 atom stereocenters. The first kappa shape index (κ1) is 23.9. The first-order valence-corrected chi connectivity index (χ1v) is 13.7. The maximum Gasteiger partial charge on any atom is 0.231 e. The molecule has 7 nitrogen and oxygen atoms in total. The number of piperazine rings is 1. The Labute approximate surface area is 214 Å². The van der Waals surface area contributed by atoms with Crippen LogP contribution in [-0.2, 0) is 4.79 Å². The summed E-state index contributed by atoms with van der Waals surface area (Å²) in [7, 11) is 0. The van der Waals surface area contributed by atoms with E-state index in [1.165, 1.54) is 18.4 Å². The van der Waals surface area contributed by atoms with Crippen molar-refractivity contribution in [3.05, 3.63) is 53.0 Å². The van der Waals surface area contributed by atoms with Gasteiger partial charge in [-0.3, -0.25) is 4.79 Å². The number of benzene rings is 1. The van der Waals surface area contributed by atoms with E-state index in [4.69, 9.17) is 0 Å². The number of nitrogens with one attached hydrogen (secondary N) is 1. The Morgan fingerprint density at radius 1 is 1.08 bits per heavy atom. The predicted molar refractivity (Wildman–Crippen MR) is 140 cm³/mol. The number of hydrogen-bond donors (Lipinski definition) is 2. The maximum atomic E-state index is 14.1. The molecule has 1 saturated carbocycles. The Balaban J connectivity index is 1.20. The summed E-state index contributed by atoms with van der Waals surface area (Å²) in [6.45, 7) is 9.46. The number of hydrogen-bond acceptors (Lipinski definition) is 6. The first-order valence-electron chi connectivity index (χ1n) is 13.7. The number of anilines is 1. The van der Waals surface area contributed by atoms with E-state index in [1.54, 1.807) is 6.33 Å². The summed E-state index contributed by atoms with van der Waals surface area (Å²) < 4.78 is 0. The van der Waals surface area contributed by atoms with E-state index >= 15 is 0 Å². The van der Waals surface area contributed by atoms with E-state index in [1.807, 2.05) is 0 Å². The van der Waals surface area contributed by atoms with Gasteiger partial charge in [-0.2, -0.15) is 0 Å². The number of carbonyl (C=O) groups is 1. The summed E-state index contributed by atoms with van der Waals surface area (Å²) in [5.74, 6) is 1.97. The van der Waals surface area contributed by atoms with Crippen LogP contribution in [0.2, 0.25) is 0 Å². The molecule has 0 bridgehead atoms. The van der Waals surface area contributed by atoms with Gasteiger partial charge in [-0.05, 0) is 68.9 Å². The van der Waals surface area contributed by atoms with E-state index in [0.29, 0.717) is 19.5 Å². The van der Waals surface area contributed by atoms with Crippen LogP contribution in [0, 0.1) is 0 Å². The van der Waals surface area contributed by atoms with Crippen LogP contribution in [0.1, 0.15) is 99.1 Å². The van der Waals surface area contributed by atoms with Gasteiger partial charge in [0.15, 0.2) is 0 Å². The minimum Gasteiger partial charge on any atom is -0.387 e. The lowest BCUT2D eigenvalue weighted by molar-refractivity contribution is -0.133. The molecule has 2 aliphatic heterocycles. The van der Waals surface area contributed by atoms with Crippen molar-refractivity contribution in [1.29, 1.82) is 0 Å². The molecule has 1 amide bonds. The van der Waals surface area contributed by atoms with Crippen LogP contribution in [0.3, 0.4) is 0 Å². The molecule has 2 saturated heterocycles. The summed E-state index contributed by atoms with van der Waals surface area (Å²) in [5.41, 5.74) is 4.46. The third kappa shape index (κ3) is 4.41. The number of nitrogens with zero attached hydrogens (tertiary/aromatic N) is 4. The van der Waals surface area contributed by atoms with Crippen molar-refractivity contribution in [3.63, 3.8) is 0 Å². The van der Waals surface area contributed by atoms with Crippen molar-refractivity contribution in [1.82, 2.24) is 20.2 Å². The number of aliphatic hydroxyl groups excluding tert-OH is 1. The second kappa shape index (κ2) is 9.10. The van der Waals surface area contributed by atoms with Crippen molar-refractivity contribution in [2.75, 3.05) is 31.1 Å². The molecule has 4 aliphatic rings. The van der Waals surface area contributed by atoms with Gasteiger partial charge in [0.1, 0.15) is 12.1 Å². The van der Waals surface area contributed by atoms with Crippen molar-refractivity contribution in [2.45, 2.75) is 88.3 Å². The minimum absolute atomic E-state index is 0.0600. The topological polar surface area (TPSA) is 81.6 Å². The summed E-state index contributed by atoms with van der Waals surface area (Å²) >= 11 is 0. The lowest BCUT2D eigenvalue weighted by Crippen LogP contribution is -2.53. The number of aliphatic hydroxyl groups is 1. The summed E-state index contributed by atoms with van der Waals surface area (Å²) in [4.78, 5) is 27.4. The number of aromatic nitrogens is 2. The Hall–Kier alpha value is -2.51. The molecular weight excluding hydrogens is 450 g/mol. The molecule has 0 radical (unpaired) electrons. The zero-order valence-electron chi connectivity index (χ0n) is 21.8. The van der Waals surface area contributed by atoms with E-state index in [-0.39, 0.29) is 29.3 Å². The Kier molecular flexibility index (Phi) is 6.03. The predicted octanol–water partition coefficient (Wildman–Crippen LogP) is 3.86. The second-order valence-corrected chi connectivity index (χ2v) is 12.1.